The predicted molar refractivity (Wildman–Crippen MR) is 265 cm³/mol. The lowest BCUT2D eigenvalue weighted by atomic mass is 9.73. The van der Waals surface area contributed by atoms with Crippen LogP contribution in [0.25, 0.3) is 6.08 Å². The van der Waals surface area contributed by atoms with Crippen molar-refractivity contribution in [3.05, 3.63) is 90.1 Å². The molecule has 0 spiro atoms. The van der Waals surface area contributed by atoms with Crippen molar-refractivity contribution < 1.29 is 62.3 Å². The molecule has 0 unspecified atom stereocenters. The summed E-state index contributed by atoms with van der Waals surface area (Å²) in [6.07, 6.45) is 1.42. The number of nitrogens with zero attached hydrogens (tertiary/aromatic N) is 5. The van der Waals surface area contributed by atoms with Gasteiger partial charge in [0.2, 0.25) is 5.91 Å². The number of ether oxygens (including phenoxy) is 7. The van der Waals surface area contributed by atoms with E-state index in [2.05, 4.69) is 20.3 Å². The van der Waals surface area contributed by atoms with Crippen molar-refractivity contribution in [3.63, 3.8) is 0 Å². The van der Waals surface area contributed by atoms with Crippen LogP contribution in [0, 0.1) is 23.7 Å². The number of rotatable bonds is 15. The van der Waals surface area contributed by atoms with Gasteiger partial charge in [-0.15, -0.1) is 0 Å². The maximum absolute atomic E-state index is 14.6. The molecule has 19 heteroatoms. The molecule has 0 radical (unpaired) electrons. The molecule has 3 saturated heterocycles. The van der Waals surface area contributed by atoms with E-state index in [0.717, 1.165) is 5.56 Å². The molecule has 3 aliphatic heterocycles. The molecule has 0 saturated carbocycles. The minimum atomic E-state index is -1.50. The summed E-state index contributed by atoms with van der Waals surface area (Å²) in [5, 5.41) is 19.4. The number of anilines is 1. The minimum Gasteiger partial charge on any atom is -0.461 e. The van der Waals surface area contributed by atoms with Crippen molar-refractivity contribution in [3.8, 4) is 0 Å². The fraction of sp³-hybridized carbons (Fsp3) is 0.585. The maximum atomic E-state index is 14.6. The molecular formula is C53H72N6O13. The van der Waals surface area contributed by atoms with Gasteiger partial charge in [0, 0.05) is 55.2 Å². The van der Waals surface area contributed by atoms with Gasteiger partial charge in [0.25, 0.3) is 0 Å². The van der Waals surface area contributed by atoms with Crippen LogP contribution in [0.5, 0.6) is 0 Å². The number of hydrogen-bond donors (Lipinski definition) is 2. The second-order valence-electron chi connectivity index (χ2n) is 19.8. The number of carbonyl (C=O) groups is 4. The highest BCUT2D eigenvalue weighted by Crippen LogP contribution is 2.43. The zero-order valence-electron chi connectivity index (χ0n) is 43.3. The SMILES string of the molecule is CC[C@H]1OC(=O)[C@H](C)[C@@H](OC(=O)Cc2ccccn2)[C@H](C)[C@@H](O[C@@H]2O[C@H](C)C[C@H](N(C)C)[C@H]2O)[C@](C)(OC)C[C@@H](C)/C(=N\OC/C=C/c2ccnc(NC(=O)Cc3ccccn3)c2)[C@H](C)[C@H]2OC(=O)O[C@@]21C. The highest BCUT2D eigenvalue weighted by atomic mass is 16.8. The first kappa shape index (κ1) is 55.5. The van der Waals surface area contributed by atoms with Crippen molar-refractivity contribution in [2.24, 2.45) is 28.8 Å². The Bertz CT molecular complexity index is 2360. The van der Waals surface area contributed by atoms with Gasteiger partial charge in [0.1, 0.15) is 30.7 Å². The fourth-order valence-electron chi connectivity index (χ4n) is 10.2. The number of methoxy groups -OCH3 is 1. The van der Waals surface area contributed by atoms with Crippen molar-refractivity contribution in [2.75, 3.05) is 33.1 Å². The van der Waals surface area contributed by atoms with Crippen molar-refractivity contribution in [1.82, 2.24) is 19.9 Å². The molecule has 14 atom stereocenters. The predicted octanol–water partition coefficient (Wildman–Crippen LogP) is 6.37. The first-order chi connectivity index (χ1) is 34.3. The Morgan fingerprint density at radius 3 is 2.28 bits per heavy atom. The van der Waals surface area contributed by atoms with E-state index in [-0.39, 0.29) is 50.3 Å². The molecule has 0 aliphatic carbocycles. The number of oxime groups is 1. The Hall–Kier alpha value is -5.86. The normalized spacial score (nSPS) is 33.0. The Balaban J connectivity index is 1.36. The van der Waals surface area contributed by atoms with E-state index >= 15 is 0 Å². The van der Waals surface area contributed by atoms with Crippen LogP contribution in [0.15, 0.2) is 78.4 Å². The van der Waals surface area contributed by atoms with Gasteiger partial charge in [-0.1, -0.05) is 51.1 Å². The quantitative estimate of drug-likeness (QED) is 0.0729. The monoisotopic (exact) mass is 1000 g/mol. The average molecular weight is 1000 g/mol. The summed E-state index contributed by atoms with van der Waals surface area (Å²) in [6.45, 7) is 14.4. The lowest BCUT2D eigenvalue weighted by molar-refractivity contribution is -0.301. The third-order valence-electron chi connectivity index (χ3n) is 14.1. The number of carbonyl (C=O) groups excluding carboxylic acids is 4. The zero-order chi connectivity index (χ0) is 52.3. The Morgan fingerprint density at radius 1 is 0.944 bits per heavy atom. The average Bonchev–Trinajstić information content (AvgIpc) is 3.66. The van der Waals surface area contributed by atoms with Crippen LogP contribution in [0.3, 0.4) is 0 Å². The van der Waals surface area contributed by atoms with Gasteiger partial charge in [0.15, 0.2) is 18.0 Å². The zero-order valence-corrected chi connectivity index (χ0v) is 43.3. The van der Waals surface area contributed by atoms with Gasteiger partial charge >= 0.3 is 18.1 Å². The van der Waals surface area contributed by atoms with Crippen LogP contribution < -0.4 is 5.32 Å². The van der Waals surface area contributed by atoms with Crippen LogP contribution in [0.4, 0.5) is 10.6 Å². The molecule has 392 valence electrons. The van der Waals surface area contributed by atoms with E-state index in [1.165, 1.54) is 7.11 Å². The fourth-order valence-corrected chi connectivity index (χ4v) is 10.2. The largest absolute Gasteiger partial charge is 0.509 e. The topological polar surface area (TPSA) is 229 Å². The Morgan fingerprint density at radius 2 is 1.64 bits per heavy atom. The Kier molecular flexibility index (Phi) is 19.0. The van der Waals surface area contributed by atoms with Gasteiger partial charge in [0.05, 0.1) is 48.0 Å². The number of nitrogens with one attached hydrogen (secondary N) is 1. The molecule has 6 heterocycles. The number of amides is 1. The molecule has 3 fully saturated rings. The lowest BCUT2D eigenvalue weighted by Gasteiger charge is -2.48. The van der Waals surface area contributed by atoms with E-state index in [4.69, 9.17) is 43.2 Å². The molecule has 3 aromatic heterocycles. The van der Waals surface area contributed by atoms with Crippen LogP contribution in [-0.2, 0) is 65.2 Å². The van der Waals surface area contributed by atoms with Crippen molar-refractivity contribution >= 4 is 41.6 Å². The van der Waals surface area contributed by atoms with Gasteiger partial charge in [-0.25, -0.2) is 9.78 Å². The van der Waals surface area contributed by atoms with Crippen LogP contribution in [0.2, 0.25) is 0 Å². The summed E-state index contributed by atoms with van der Waals surface area (Å²) in [4.78, 5) is 75.3. The lowest BCUT2D eigenvalue weighted by Crippen LogP contribution is -2.60. The molecule has 6 rings (SSSR count). The van der Waals surface area contributed by atoms with Crippen LogP contribution >= 0.6 is 0 Å². The summed E-state index contributed by atoms with van der Waals surface area (Å²) in [5.74, 6) is -4.39. The van der Waals surface area contributed by atoms with Gasteiger partial charge in [-0.3, -0.25) is 24.4 Å². The van der Waals surface area contributed by atoms with Crippen LogP contribution in [-0.4, -0.2) is 143 Å². The summed E-state index contributed by atoms with van der Waals surface area (Å²) < 4.78 is 44.3. The highest BCUT2D eigenvalue weighted by molar-refractivity contribution is 5.91. The summed E-state index contributed by atoms with van der Waals surface area (Å²) in [5.41, 5.74) is -0.487. The second-order valence-corrected chi connectivity index (χ2v) is 19.8. The first-order valence-electron chi connectivity index (χ1n) is 24.7. The summed E-state index contributed by atoms with van der Waals surface area (Å²) in [7, 11) is 5.29. The molecule has 0 bridgehead atoms. The smallest absolute Gasteiger partial charge is 0.461 e. The maximum Gasteiger partial charge on any atom is 0.509 e. The van der Waals surface area contributed by atoms with Crippen LogP contribution in [0.1, 0.15) is 91.6 Å². The van der Waals surface area contributed by atoms with Crippen molar-refractivity contribution in [2.45, 2.75) is 148 Å². The number of pyridine rings is 3. The molecule has 72 heavy (non-hydrogen) atoms. The van der Waals surface area contributed by atoms with E-state index in [1.54, 1.807) is 101 Å². The highest BCUT2D eigenvalue weighted by Gasteiger charge is 2.59. The third-order valence-corrected chi connectivity index (χ3v) is 14.1. The summed E-state index contributed by atoms with van der Waals surface area (Å²) >= 11 is 0. The number of hydrogen-bond acceptors (Lipinski definition) is 18. The summed E-state index contributed by atoms with van der Waals surface area (Å²) in [6, 6.07) is 13.8. The molecule has 3 aliphatic rings. The molecule has 3 aromatic rings. The van der Waals surface area contributed by atoms with Gasteiger partial charge in [-0.05, 0) is 109 Å². The molecule has 1 amide bonds. The van der Waals surface area contributed by atoms with Gasteiger partial charge in [-0.2, -0.15) is 0 Å². The second kappa shape index (κ2) is 24.7. The molecule has 2 N–H and O–H groups in total. The number of esters is 2. The minimum absolute atomic E-state index is 0.00986. The number of likely N-dealkylation sites (N-methyl/N-ethyl adjacent to an activating group) is 1. The van der Waals surface area contributed by atoms with Gasteiger partial charge < -0.3 is 53.3 Å². The van der Waals surface area contributed by atoms with Crippen molar-refractivity contribution in [1.29, 1.82) is 0 Å². The number of cyclic esters (lactones) is 1. The van der Waals surface area contributed by atoms with E-state index < -0.39 is 89.8 Å². The van der Waals surface area contributed by atoms with E-state index in [1.807, 2.05) is 52.8 Å². The molecule has 0 aromatic carbocycles. The Labute approximate surface area is 422 Å². The number of aliphatic hydroxyl groups excluding tert-OH is 1. The third kappa shape index (κ3) is 13.6. The number of aliphatic hydroxyl groups is 1. The molecular weight excluding hydrogens is 929 g/mol. The van der Waals surface area contributed by atoms with E-state index in [0.29, 0.717) is 29.3 Å². The number of aromatic nitrogens is 3. The van der Waals surface area contributed by atoms with E-state index in [9.17, 15) is 24.3 Å². The first-order valence-corrected chi connectivity index (χ1v) is 24.7. The standard InChI is InChI=1S/C53H72N6O13/c1-12-40-53(8)48(71-51(64)72-53)33(4)44(58-66-25-17-18-36-21-24-56-41(27-36)57-42(60)28-37-19-13-15-22-54-37)31(2)30-52(7,65-11)47(70-50-45(62)39(59(9)10)26-32(3)67-50)34(5)46(35(6)49(63)68-40)69-43(61)29-38-20-14-16-23-55-38/h13-24,27,31-35,39-40,45-48,50,62H,12,25-26,28-30H2,1-11H3,(H,56,57,60)/b18-17+,58-44+/t31-,32-,33+,34+,35-,39+,40-,45-,46+,47-,48-,50+,52-,53-/m1/s1. The molecule has 19 nitrogen and oxygen atoms in total. The number of fused-ring (bicyclic) bond motifs is 1.